The predicted molar refractivity (Wildman–Crippen MR) is 54.1 cm³/mol. The van der Waals surface area contributed by atoms with Crippen molar-refractivity contribution < 1.29 is 0 Å². The fraction of sp³-hybridized carbons (Fsp3) is 0.111. The van der Waals surface area contributed by atoms with Crippen LogP contribution in [-0.4, -0.2) is 15.0 Å². The van der Waals surface area contributed by atoms with Crippen LogP contribution in [0.1, 0.15) is 0 Å². The van der Waals surface area contributed by atoms with Crippen LogP contribution in [0.2, 0.25) is 0 Å². The smallest absolute Gasteiger partial charge is 0.113 e. The van der Waals surface area contributed by atoms with Crippen molar-refractivity contribution in [2.45, 2.75) is 0 Å². The summed E-state index contributed by atoms with van der Waals surface area (Å²) in [6, 6.07) is 8.00. The van der Waals surface area contributed by atoms with Gasteiger partial charge in [-0.05, 0) is 12.1 Å². The van der Waals surface area contributed by atoms with Crippen LogP contribution in [0.25, 0.3) is 11.3 Å². The second-order valence-electron chi connectivity index (χ2n) is 2.78. The van der Waals surface area contributed by atoms with Crippen molar-refractivity contribution >= 4 is 15.9 Å². The molecule has 0 saturated carbocycles. The summed E-state index contributed by atoms with van der Waals surface area (Å²) < 4.78 is 2.76. The first-order valence-corrected chi connectivity index (χ1v) is 4.67. The Balaban J connectivity index is 2.41. The summed E-state index contributed by atoms with van der Waals surface area (Å²) in [5.41, 5.74) is 1.98. The van der Waals surface area contributed by atoms with Crippen molar-refractivity contribution in [2.75, 3.05) is 0 Å². The minimum absolute atomic E-state index is 0.898. The molecule has 0 unspecified atom stereocenters. The molecular formula is C9H8BrN3. The van der Waals surface area contributed by atoms with Gasteiger partial charge in [0.25, 0.3) is 0 Å². The van der Waals surface area contributed by atoms with Crippen LogP contribution in [-0.2, 0) is 7.05 Å². The third-order valence-corrected chi connectivity index (χ3v) is 2.27. The Morgan fingerprint density at radius 3 is 2.46 bits per heavy atom. The van der Waals surface area contributed by atoms with E-state index in [4.69, 9.17) is 0 Å². The molecule has 0 saturated heterocycles. The Bertz CT molecular complexity index is 405. The van der Waals surface area contributed by atoms with Gasteiger partial charge in [0.2, 0.25) is 0 Å². The number of hydrogen-bond acceptors (Lipinski definition) is 2. The van der Waals surface area contributed by atoms with Gasteiger partial charge in [0.1, 0.15) is 5.69 Å². The maximum absolute atomic E-state index is 4.01. The molecule has 0 radical (unpaired) electrons. The number of rotatable bonds is 1. The minimum Gasteiger partial charge on any atom is -0.255 e. The molecule has 13 heavy (non-hydrogen) atoms. The van der Waals surface area contributed by atoms with Crippen molar-refractivity contribution in [1.82, 2.24) is 15.0 Å². The maximum Gasteiger partial charge on any atom is 0.113 e. The molecule has 0 aliphatic heterocycles. The molecule has 0 aliphatic carbocycles. The molecule has 0 N–H and O–H groups in total. The standard InChI is InChI=1S/C9H8BrN3/c1-13-6-9(11-12-13)7-2-4-8(10)5-3-7/h2-6H,1H3. The minimum atomic E-state index is 0.898. The molecule has 1 aromatic heterocycles. The Kier molecular flexibility index (Phi) is 2.14. The highest BCUT2D eigenvalue weighted by Crippen LogP contribution is 2.18. The predicted octanol–water partition coefficient (Wildman–Crippen LogP) is 2.24. The van der Waals surface area contributed by atoms with E-state index in [9.17, 15) is 0 Å². The van der Waals surface area contributed by atoms with Crippen molar-refractivity contribution in [3.05, 3.63) is 34.9 Å². The van der Waals surface area contributed by atoms with Crippen molar-refractivity contribution in [1.29, 1.82) is 0 Å². The SMILES string of the molecule is Cn1cc(-c2ccc(Br)cc2)nn1. The van der Waals surface area contributed by atoms with E-state index in [1.54, 1.807) is 4.68 Å². The molecular weight excluding hydrogens is 230 g/mol. The zero-order valence-electron chi connectivity index (χ0n) is 7.11. The lowest BCUT2D eigenvalue weighted by Gasteiger charge is -1.94. The summed E-state index contributed by atoms with van der Waals surface area (Å²) >= 11 is 3.38. The highest BCUT2D eigenvalue weighted by atomic mass is 79.9. The van der Waals surface area contributed by atoms with Gasteiger partial charge in [0.15, 0.2) is 0 Å². The maximum atomic E-state index is 4.01. The van der Waals surface area contributed by atoms with Gasteiger partial charge < -0.3 is 0 Å². The lowest BCUT2D eigenvalue weighted by molar-refractivity contribution is 0.715. The van der Waals surface area contributed by atoms with E-state index in [-0.39, 0.29) is 0 Å². The lowest BCUT2D eigenvalue weighted by Crippen LogP contribution is -1.85. The summed E-state index contributed by atoms with van der Waals surface area (Å²) in [5, 5.41) is 7.88. The van der Waals surface area contributed by atoms with E-state index in [1.807, 2.05) is 37.5 Å². The molecule has 0 aliphatic rings. The van der Waals surface area contributed by atoms with E-state index in [0.29, 0.717) is 0 Å². The van der Waals surface area contributed by atoms with E-state index in [2.05, 4.69) is 26.2 Å². The van der Waals surface area contributed by atoms with Crippen LogP contribution < -0.4 is 0 Å². The molecule has 0 fully saturated rings. The van der Waals surface area contributed by atoms with Gasteiger partial charge in [-0.25, -0.2) is 0 Å². The lowest BCUT2D eigenvalue weighted by atomic mass is 10.2. The first-order valence-electron chi connectivity index (χ1n) is 3.88. The number of hydrogen-bond donors (Lipinski definition) is 0. The van der Waals surface area contributed by atoms with E-state index < -0.39 is 0 Å². The number of aromatic nitrogens is 3. The third-order valence-electron chi connectivity index (χ3n) is 1.74. The van der Waals surface area contributed by atoms with Crippen molar-refractivity contribution in [3.8, 4) is 11.3 Å². The first-order chi connectivity index (χ1) is 6.25. The Morgan fingerprint density at radius 2 is 1.92 bits per heavy atom. The number of aryl methyl sites for hydroxylation is 1. The van der Waals surface area contributed by atoms with Crippen LogP contribution in [0.4, 0.5) is 0 Å². The summed E-state index contributed by atoms with van der Waals surface area (Å²) in [6.45, 7) is 0. The normalized spacial score (nSPS) is 10.3. The number of nitrogens with zero attached hydrogens (tertiary/aromatic N) is 3. The Labute approximate surface area is 84.5 Å². The monoisotopic (exact) mass is 237 g/mol. The van der Waals surface area contributed by atoms with Gasteiger partial charge in [-0.15, -0.1) is 5.10 Å². The van der Waals surface area contributed by atoms with Gasteiger partial charge in [0.05, 0.1) is 6.20 Å². The van der Waals surface area contributed by atoms with Gasteiger partial charge in [-0.1, -0.05) is 33.3 Å². The highest BCUT2D eigenvalue weighted by Gasteiger charge is 2.00. The van der Waals surface area contributed by atoms with E-state index in [1.165, 1.54) is 0 Å². The van der Waals surface area contributed by atoms with Crippen LogP contribution in [0, 0.1) is 0 Å². The molecule has 2 rings (SSSR count). The molecule has 2 aromatic rings. The molecule has 0 atom stereocenters. The average Bonchev–Trinajstić information content (AvgIpc) is 2.53. The van der Waals surface area contributed by atoms with Crippen molar-refractivity contribution in [3.63, 3.8) is 0 Å². The Hall–Kier alpha value is -1.16. The first kappa shape index (κ1) is 8.44. The molecule has 0 amide bonds. The molecule has 1 aromatic carbocycles. The molecule has 4 heteroatoms. The van der Waals surface area contributed by atoms with Crippen LogP contribution in [0.15, 0.2) is 34.9 Å². The van der Waals surface area contributed by atoms with Gasteiger partial charge >= 0.3 is 0 Å². The second-order valence-corrected chi connectivity index (χ2v) is 3.70. The highest BCUT2D eigenvalue weighted by molar-refractivity contribution is 9.10. The summed E-state index contributed by atoms with van der Waals surface area (Å²) in [7, 11) is 1.86. The zero-order chi connectivity index (χ0) is 9.26. The molecule has 66 valence electrons. The topological polar surface area (TPSA) is 30.7 Å². The van der Waals surface area contributed by atoms with Gasteiger partial charge in [-0.2, -0.15) is 0 Å². The quantitative estimate of drug-likeness (QED) is 0.762. The van der Waals surface area contributed by atoms with Crippen LogP contribution >= 0.6 is 15.9 Å². The number of halogens is 1. The van der Waals surface area contributed by atoms with Crippen molar-refractivity contribution in [2.24, 2.45) is 7.05 Å². The molecule has 3 nitrogen and oxygen atoms in total. The zero-order valence-corrected chi connectivity index (χ0v) is 8.69. The Morgan fingerprint density at radius 1 is 1.23 bits per heavy atom. The summed E-state index contributed by atoms with van der Waals surface area (Å²) in [5.74, 6) is 0. The van der Waals surface area contributed by atoms with E-state index >= 15 is 0 Å². The second kappa shape index (κ2) is 3.30. The molecule has 0 spiro atoms. The van der Waals surface area contributed by atoms with E-state index in [0.717, 1.165) is 15.7 Å². The molecule has 0 bridgehead atoms. The van der Waals surface area contributed by atoms with Gasteiger partial charge in [-0.3, -0.25) is 4.68 Å². The largest absolute Gasteiger partial charge is 0.255 e. The third kappa shape index (κ3) is 1.78. The fourth-order valence-corrected chi connectivity index (χ4v) is 1.36. The van der Waals surface area contributed by atoms with Gasteiger partial charge in [0, 0.05) is 17.1 Å². The summed E-state index contributed by atoms with van der Waals surface area (Å²) in [6.07, 6.45) is 1.89. The van der Waals surface area contributed by atoms with Crippen LogP contribution in [0.5, 0.6) is 0 Å². The average molecular weight is 238 g/mol. The summed E-state index contributed by atoms with van der Waals surface area (Å²) in [4.78, 5) is 0. The molecule has 1 heterocycles. The number of benzene rings is 1. The van der Waals surface area contributed by atoms with Crippen LogP contribution in [0.3, 0.4) is 0 Å². The fourth-order valence-electron chi connectivity index (χ4n) is 1.10.